The van der Waals surface area contributed by atoms with Crippen LogP contribution in [-0.2, 0) is 11.2 Å². The van der Waals surface area contributed by atoms with Crippen LogP contribution >= 0.6 is 12.4 Å². The van der Waals surface area contributed by atoms with Crippen molar-refractivity contribution >= 4 is 18.3 Å². The smallest absolute Gasteiger partial charge is 0.222 e. The second kappa shape index (κ2) is 9.01. The number of hydrogen-bond donors (Lipinski definition) is 1. The van der Waals surface area contributed by atoms with E-state index in [4.69, 9.17) is 10.5 Å². The summed E-state index contributed by atoms with van der Waals surface area (Å²) in [4.78, 5) is 14.3. The normalized spacial score (nSPS) is 19.1. The van der Waals surface area contributed by atoms with Crippen molar-refractivity contribution in [3.05, 3.63) is 65.5 Å². The quantitative estimate of drug-likeness (QED) is 0.869. The molecule has 0 aromatic heterocycles. The number of nitrogens with two attached hydrogens (primary N) is 1. The average Bonchev–Trinajstić information content (AvgIpc) is 3.02. The zero-order valence-corrected chi connectivity index (χ0v) is 15.5. The minimum atomic E-state index is -0.403. The Morgan fingerprint density at radius 2 is 1.96 bits per heavy atom. The molecule has 3 rings (SSSR count). The molecule has 26 heavy (non-hydrogen) atoms. The summed E-state index contributed by atoms with van der Waals surface area (Å²) in [5, 5.41) is 0. The van der Waals surface area contributed by atoms with Gasteiger partial charge in [-0.25, -0.2) is 4.39 Å². The molecule has 2 N–H and O–H groups in total. The SMILES string of the molecule is COc1ccc(CCC(=O)N2C[C@@H](N)[C@H](c3ccccc3)C2)cc1F.Cl. The number of nitrogens with zero attached hydrogens (tertiary/aromatic N) is 1. The molecule has 6 heteroatoms. The third kappa shape index (κ3) is 4.54. The largest absolute Gasteiger partial charge is 0.494 e. The third-order valence-corrected chi connectivity index (χ3v) is 4.79. The molecule has 2 aromatic rings. The van der Waals surface area contributed by atoms with Crippen LogP contribution in [0.1, 0.15) is 23.5 Å². The van der Waals surface area contributed by atoms with E-state index in [9.17, 15) is 9.18 Å². The van der Waals surface area contributed by atoms with Gasteiger partial charge in [-0.2, -0.15) is 0 Å². The monoisotopic (exact) mass is 378 g/mol. The van der Waals surface area contributed by atoms with E-state index in [1.165, 1.54) is 18.7 Å². The van der Waals surface area contributed by atoms with Crippen molar-refractivity contribution in [2.24, 2.45) is 5.73 Å². The van der Waals surface area contributed by atoms with Gasteiger partial charge in [-0.05, 0) is 29.7 Å². The van der Waals surface area contributed by atoms with Crippen LogP contribution in [0.5, 0.6) is 5.75 Å². The summed E-state index contributed by atoms with van der Waals surface area (Å²) < 4.78 is 18.6. The maximum Gasteiger partial charge on any atom is 0.222 e. The number of rotatable bonds is 5. The number of carbonyl (C=O) groups excluding carboxylic acids is 1. The molecule has 1 heterocycles. The zero-order chi connectivity index (χ0) is 17.8. The first-order valence-electron chi connectivity index (χ1n) is 8.49. The fourth-order valence-corrected chi connectivity index (χ4v) is 3.36. The Kier molecular flexibility index (Phi) is 7.00. The molecule has 1 amide bonds. The summed E-state index contributed by atoms with van der Waals surface area (Å²) in [7, 11) is 1.43. The molecular formula is C20H24ClFN2O2. The molecule has 0 unspecified atom stereocenters. The van der Waals surface area contributed by atoms with Crippen molar-refractivity contribution in [2.45, 2.75) is 24.8 Å². The zero-order valence-electron chi connectivity index (χ0n) is 14.7. The number of likely N-dealkylation sites (tertiary alicyclic amines) is 1. The van der Waals surface area contributed by atoms with E-state index in [0.29, 0.717) is 25.9 Å². The number of carbonyl (C=O) groups is 1. The lowest BCUT2D eigenvalue weighted by Gasteiger charge is -2.16. The van der Waals surface area contributed by atoms with Gasteiger partial charge >= 0.3 is 0 Å². The van der Waals surface area contributed by atoms with Crippen LogP contribution in [0.15, 0.2) is 48.5 Å². The molecule has 0 radical (unpaired) electrons. The number of hydrogen-bond acceptors (Lipinski definition) is 3. The number of ether oxygens (including phenoxy) is 1. The van der Waals surface area contributed by atoms with Crippen LogP contribution in [0, 0.1) is 5.82 Å². The van der Waals surface area contributed by atoms with Crippen LogP contribution in [0.2, 0.25) is 0 Å². The highest BCUT2D eigenvalue weighted by molar-refractivity contribution is 5.85. The predicted octanol–water partition coefficient (Wildman–Crippen LogP) is 3.14. The summed E-state index contributed by atoms with van der Waals surface area (Å²) in [6.07, 6.45) is 0.849. The number of methoxy groups -OCH3 is 1. The molecular weight excluding hydrogens is 355 g/mol. The fraction of sp³-hybridized carbons (Fsp3) is 0.350. The summed E-state index contributed by atoms with van der Waals surface area (Å²) in [5.74, 6) is 0.0415. The van der Waals surface area contributed by atoms with Gasteiger partial charge in [0.05, 0.1) is 7.11 Å². The molecule has 0 aliphatic carbocycles. The third-order valence-electron chi connectivity index (χ3n) is 4.79. The van der Waals surface area contributed by atoms with E-state index in [2.05, 4.69) is 12.1 Å². The number of aryl methyl sites for hydroxylation is 1. The first-order chi connectivity index (χ1) is 12.1. The summed E-state index contributed by atoms with van der Waals surface area (Å²) in [6, 6.07) is 14.8. The topological polar surface area (TPSA) is 55.6 Å². The lowest BCUT2D eigenvalue weighted by molar-refractivity contribution is -0.130. The Balaban J connectivity index is 0.00000243. The maximum absolute atomic E-state index is 13.7. The number of halogens is 2. The summed E-state index contributed by atoms with van der Waals surface area (Å²) >= 11 is 0. The molecule has 0 bridgehead atoms. The summed E-state index contributed by atoms with van der Waals surface area (Å²) in [5.41, 5.74) is 8.20. The second-order valence-electron chi connectivity index (χ2n) is 6.45. The van der Waals surface area contributed by atoms with E-state index in [1.807, 2.05) is 23.1 Å². The average molecular weight is 379 g/mol. The molecule has 4 nitrogen and oxygen atoms in total. The Morgan fingerprint density at radius 1 is 1.23 bits per heavy atom. The van der Waals surface area contributed by atoms with Gasteiger partial charge in [0, 0.05) is 31.5 Å². The van der Waals surface area contributed by atoms with Crippen molar-refractivity contribution < 1.29 is 13.9 Å². The molecule has 1 fully saturated rings. The van der Waals surface area contributed by atoms with E-state index >= 15 is 0 Å². The molecule has 0 saturated carbocycles. The van der Waals surface area contributed by atoms with Crippen LogP contribution in [0.25, 0.3) is 0 Å². The van der Waals surface area contributed by atoms with Gasteiger partial charge in [-0.3, -0.25) is 4.79 Å². The van der Waals surface area contributed by atoms with Gasteiger partial charge in [0.1, 0.15) is 0 Å². The van der Waals surface area contributed by atoms with Crippen molar-refractivity contribution in [1.29, 1.82) is 0 Å². The highest BCUT2D eigenvalue weighted by Crippen LogP contribution is 2.27. The molecule has 0 spiro atoms. The van der Waals surface area contributed by atoms with Gasteiger partial charge < -0.3 is 15.4 Å². The van der Waals surface area contributed by atoms with Crippen LogP contribution in [0.4, 0.5) is 4.39 Å². The molecule has 2 atom stereocenters. The Labute approximate surface area is 159 Å². The Bertz CT molecular complexity index is 742. The molecule has 140 valence electrons. The lowest BCUT2D eigenvalue weighted by Crippen LogP contribution is -2.32. The summed E-state index contributed by atoms with van der Waals surface area (Å²) in [6.45, 7) is 1.20. The highest BCUT2D eigenvalue weighted by Gasteiger charge is 2.33. The minimum absolute atomic E-state index is 0. The van der Waals surface area contributed by atoms with Crippen molar-refractivity contribution in [3.8, 4) is 5.75 Å². The number of benzene rings is 2. The van der Waals surface area contributed by atoms with E-state index in [1.54, 1.807) is 12.1 Å². The van der Waals surface area contributed by atoms with Crippen LogP contribution in [0.3, 0.4) is 0 Å². The predicted molar refractivity (Wildman–Crippen MR) is 102 cm³/mol. The number of amides is 1. The van der Waals surface area contributed by atoms with E-state index in [-0.39, 0.29) is 36.0 Å². The highest BCUT2D eigenvalue weighted by atomic mass is 35.5. The first kappa shape index (κ1) is 20.2. The minimum Gasteiger partial charge on any atom is -0.494 e. The van der Waals surface area contributed by atoms with Crippen LogP contribution in [-0.4, -0.2) is 37.0 Å². The molecule has 1 aliphatic rings. The van der Waals surface area contributed by atoms with Crippen molar-refractivity contribution in [1.82, 2.24) is 4.90 Å². The standard InChI is InChI=1S/C20H23FN2O2.ClH/c1-25-19-9-7-14(11-17(19)21)8-10-20(24)23-12-16(18(22)13-23)15-5-3-2-4-6-15;/h2-7,9,11,16,18H,8,10,12-13,22H2,1H3;1H/t16-,18+;/m0./s1. The van der Waals surface area contributed by atoms with Gasteiger partial charge in [0.2, 0.25) is 5.91 Å². The molecule has 1 saturated heterocycles. The fourth-order valence-electron chi connectivity index (χ4n) is 3.36. The lowest BCUT2D eigenvalue weighted by atomic mass is 9.95. The van der Waals surface area contributed by atoms with Gasteiger partial charge in [-0.15, -0.1) is 12.4 Å². The van der Waals surface area contributed by atoms with Crippen LogP contribution < -0.4 is 10.5 Å². The van der Waals surface area contributed by atoms with E-state index < -0.39 is 5.82 Å². The Hall–Kier alpha value is -2.11. The van der Waals surface area contributed by atoms with E-state index in [0.717, 1.165) is 5.56 Å². The molecule has 1 aliphatic heterocycles. The van der Waals surface area contributed by atoms with Crippen molar-refractivity contribution in [3.63, 3.8) is 0 Å². The molecule has 2 aromatic carbocycles. The Morgan fingerprint density at radius 3 is 2.62 bits per heavy atom. The second-order valence-corrected chi connectivity index (χ2v) is 6.45. The van der Waals surface area contributed by atoms with Gasteiger partial charge in [0.15, 0.2) is 11.6 Å². The van der Waals surface area contributed by atoms with Crippen molar-refractivity contribution in [2.75, 3.05) is 20.2 Å². The van der Waals surface area contributed by atoms with Gasteiger partial charge in [0.25, 0.3) is 0 Å². The van der Waals surface area contributed by atoms with Gasteiger partial charge in [-0.1, -0.05) is 36.4 Å². The first-order valence-corrected chi connectivity index (χ1v) is 8.49. The maximum atomic E-state index is 13.7.